The summed E-state index contributed by atoms with van der Waals surface area (Å²) in [5, 5.41) is 2.92. The number of carbonyl (C=O) groups is 1. The molecular formula is C18H26FN3O. The van der Waals surface area contributed by atoms with Crippen LogP contribution >= 0.6 is 0 Å². The number of halogens is 1. The van der Waals surface area contributed by atoms with Crippen molar-refractivity contribution in [3.05, 3.63) is 41.2 Å². The van der Waals surface area contributed by atoms with Crippen LogP contribution in [0.5, 0.6) is 0 Å². The Hall–Kier alpha value is -1.88. The number of hydrogen-bond acceptors (Lipinski definition) is 3. The van der Waals surface area contributed by atoms with Gasteiger partial charge in [0, 0.05) is 43.5 Å². The number of likely N-dealkylation sites (N-methyl/N-ethyl adjacent to an activating group) is 1. The molecule has 0 spiro atoms. The Morgan fingerprint density at radius 2 is 1.91 bits per heavy atom. The molecule has 1 aliphatic heterocycles. The number of benzene rings is 1. The Balaban J connectivity index is 2.21. The number of nitrogens with zero attached hydrogens (tertiary/aromatic N) is 2. The van der Waals surface area contributed by atoms with E-state index in [0.717, 1.165) is 43.0 Å². The van der Waals surface area contributed by atoms with Gasteiger partial charge in [-0.1, -0.05) is 5.57 Å². The molecule has 0 aromatic heterocycles. The molecule has 1 N–H and O–H groups in total. The van der Waals surface area contributed by atoms with Gasteiger partial charge < -0.3 is 15.1 Å². The fourth-order valence-electron chi connectivity index (χ4n) is 2.80. The van der Waals surface area contributed by atoms with E-state index in [0.29, 0.717) is 0 Å². The monoisotopic (exact) mass is 319 g/mol. The third-order valence-corrected chi connectivity index (χ3v) is 4.08. The van der Waals surface area contributed by atoms with Gasteiger partial charge in [-0.25, -0.2) is 4.39 Å². The molecule has 0 unspecified atom stereocenters. The van der Waals surface area contributed by atoms with Gasteiger partial charge in [-0.15, -0.1) is 0 Å². The number of nitrogens with one attached hydrogen (secondary N) is 1. The molecule has 1 saturated heterocycles. The largest absolute Gasteiger partial charge is 0.369 e. The number of carbonyl (C=O) groups excluding carboxylic acids is 1. The summed E-state index contributed by atoms with van der Waals surface area (Å²) in [6.07, 6.45) is 1.56. The highest BCUT2D eigenvalue weighted by atomic mass is 19.1. The van der Waals surface area contributed by atoms with Crippen LogP contribution in [0.1, 0.15) is 32.4 Å². The summed E-state index contributed by atoms with van der Waals surface area (Å²) in [5.74, 6) is -0.424. The summed E-state index contributed by atoms with van der Waals surface area (Å²) in [7, 11) is 2.10. The van der Waals surface area contributed by atoms with E-state index >= 15 is 0 Å². The van der Waals surface area contributed by atoms with Crippen molar-refractivity contribution >= 4 is 11.6 Å². The second-order valence-electron chi connectivity index (χ2n) is 6.45. The number of piperazine rings is 1. The number of hydrogen-bond donors (Lipinski definition) is 1. The molecule has 1 heterocycles. The summed E-state index contributed by atoms with van der Waals surface area (Å²) >= 11 is 0. The van der Waals surface area contributed by atoms with Crippen molar-refractivity contribution in [3.63, 3.8) is 0 Å². The molecule has 1 amide bonds. The van der Waals surface area contributed by atoms with Crippen LogP contribution in [0, 0.1) is 5.82 Å². The van der Waals surface area contributed by atoms with Crippen LogP contribution in [-0.4, -0.2) is 44.0 Å². The molecule has 1 atom stereocenters. The fourth-order valence-corrected chi connectivity index (χ4v) is 2.80. The van der Waals surface area contributed by atoms with E-state index in [1.807, 2.05) is 26.8 Å². The fraction of sp³-hybridized carbons (Fsp3) is 0.500. The van der Waals surface area contributed by atoms with Crippen molar-refractivity contribution in [2.45, 2.75) is 26.8 Å². The van der Waals surface area contributed by atoms with Crippen LogP contribution < -0.4 is 10.2 Å². The zero-order valence-electron chi connectivity index (χ0n) is 14.4. The van der Waals surface area contributed by atoms with Crippen LogP contribution in [0.2, 0.25) is 0 Å². The lowest BCUT2D eigenvalue weighted by Crippen LogP contribution is -2.45. The first kappa shape index (κ1) is 17.5. The maximum Gasteiger partial charge on any atom is 0.244 e. The van der Waals surface area contributed by atoms with Crippen LogP contribution in [-0.2, 0) is 4.79 Å². The molecular weight excluding hydrogens is 293 g/mol. The van der Waals surface area contributed by atoms with Crippen LogP contribution in [0.4, 0.5) is 10.1 Å². The molecule has 0 saturated carbocycles. The van der Waals surface area contributed by atoms with E-state index in [-0.39, 0.29) is 17.8 Å². The molecule has 1 aromatic carbocycles. The average Bonchev–Trinajstić information content (AvgIpc) is 2.47. The Kier molecular flexibility index (Phi) is 5.77. The molecule has 23 heavy (non-hydrogen) atoms. The van der Waals surface area contributed by atoms with E-state index in [1.165, 1.54) is 12.1 Å². The van der Waals surface area contributed by atoms with Crippen molar-refractivity contribution in [2.24, 2.45) is 0 Å². The third kappa shape index (κ3) is 4.79. The van der Waals surface area contributed by atoms with E-state index in [1.54, 1.807) is 6.08 Å². The first-order valence-corrected chi connectivity index (χ1v) is 8.05. The molecule has 1 fully saturated rings. The van der Waals surface area contributed by atoms with E-state index in [4.69, 9.17) is 0 Å². The molecule has 1 aromatic rings. The molecule has 0 bridgehead atoms. The smallest absolute Gasteiger partial charge is 0.244 e. The lowest BCUT2D eigenvalue weighted by atomic mass is 10.0. The second-order valence-corrected chi connectivity index (χ2v) is 6.45. The minimum atomic E-state index is -0.277. The van der Waals surface area contributed by atoms with Crippen molar-refractivity contribution < 1.29 is 9.18 Å². The number of allylic oxidation sites excluding steroid dienone is 1. The minimum Gasteiger partial charge on any atom is -0.369 e. The topological polar surface area (TPSA) is 35.6 Å². The Labute approximate surface area is 138 Å². The summed E-state index contributed by atoms with van der Waals surface area (Å²) < 4.78 is 13.7. The molecule has 4 nitrogen and oxygen atoms in total. The minimum absolute atomic E-state index is 0.147. The second kappa shape index (κ2) is 7.59. The van der Waals surface area contributed by atoms with E-state index in [9.17, 15) is 9.18 Å². The zero-order chi connectivity index (χ0) is 17.0. The summed E-state index contributed by atoms with van der Waals surface area (Å²) in [4.78, 5) is 16.5. The maximum absolute atomic E-state index is 13.7. The Morgan fingerprint density at radius 1 is 1.26 bits per heavy atom. The van der Waals surface area contributed by atoms with Crippen LogP contribution in [0.15, 0.2) is 29.8 Å². The zero-order valence-corrected chi connectivity index (χ0v) is 14.4. The van der Waals surface area contributed by atoms with Crippen molar-refractivity contribution in [2.75, 3.05) is 38.1 Å². The molecule has 0 aliphatic carbocycles. The number of anilines is 1. The normalized spacial score (nSPS) is 16.8. The lowest BCUT2D eigenvalue weighted by molar-refractivity contribution is -0.117. The quantitative estimate of drug-likeness (QED) is 0.867. The van der Waals surface area contributed by atoms with Gasteiger partial charge in [0.25, 0.3) is 0 Å². The predicted octanol–water partition coefficient (Wildman–Crippen LogP) is 2.72. The van der Waals surface area contributed by atoms with Gasteiger partial charge in [0.1, 0.15) is 5.82 Å². The van der Waals surface area contributed by atoms with Gasteiger partial charge in [-0.2, -0.15) is 0 Å². The first-order valence-electron chi connectivity index (χ1n) is 8.05. The molecule has 1 aliphatic rings. The molecule has 2 rings (SSSR count). The SMILES string of the molecule is CC(C)=CC(=O)N[C@H](C)c1cc(F)ccc1N1CCN(C)CC1. The standard InChI is InChI=1S/C18H26FN3O/c1-13(2)11-18(23)20-14(3)16-12-15(19)5-6-17(16)22-9-7-21(4)8-10-22/h5-6,11-12,14H,7-10H2,1-4H3,(H,20,23)/t14-/m1/s1. The lowest BCUT2D eigenvalue weighted by Gasteiger charge is -2.36. The van der Waals surface area contributed by atoms with Gasteiger partial charge in [-0.05, 0) is 46.0 Å². The molecule has 5 heteroatoms. The van der Waals surface area contributed by atoms with Gasteiger partial charge in [0.05, 0.1) is 6.04 Å². The highest BCUT2D eigenvalue weighted by Gasteiger charge is 2.20. The first-order chi connectivity index (χ1) is 10.9. The Bertz CT molecular complexity index is 588. The van der Waals surface area contributed by atoms with E-state index < -0.39 is 0 Å². The third-order valence-electron chi connectivity index (χ3n) is 4.08. The number of amides is 1. The summed E-state index contributed by atoms with van der Waals surface area (Å²) in [6, 6.07) is 4.59. The Morgan fingerprint density at radius 3 is 2.52 bits per heavy atom. The maximum atomic E-state index is 13.7. The van der Waals surface area contributed by atoms with Crippen molar-refractivity contribution in [3.8, 4) is 0 Å². The molecule has 0 radical (unpaired) electrons. The van der Waals surface area contributed by atoms with Gasteiger partial charge in [0.15, 0.2) is 0 Å². The predicted molar refractivity (Wildman–Crippen MR) is 92.1 cm³/mol. The van der Waals surface area contributed by atoms with Gasteiger partial charge in [-0.3, -0.25) is 4.79 Å². The van der Waals surface area contributed by atoms with E-state index in [2.05, 4.69) is 22.2 Å². The van der Waals surface area contributed by atoms with Gasteiger partial charge >= 0.3 is 0 Å². The summed E-state index contributed by atoms with van der Waals surface area (Å²) in [5.41, 5.74) is 2.77. The van der Waals surface area contributed by atoms with Crippen LogP contribution in [0.25, 0.3) is 0 Å². The highest BCUT2D eigenvalue weighted by Crippen LogP contribution is 2.28. The van der Waals surface area contributed by atoms with Crippen molar-refractivity contribution in [1.29, 1.82) is 0 Å². The average molecular weight is 319 g/mol. The number of rotatable bonds is 4. The highest BCUT2D eigenvalue weighted by molar-refractivity contribution is 5.88. The summed E-state index contributed by atoms with van der Waals surface area (Å²) in [6.45, 7) is 9.42. The molecule has 126 valence electrons. The van der Waals surface area contributed by atoms with Gasteiger partial charge in [0.2, 0.25) is 5.91 Å². The van der Waals surface area contributed by atoms with Crippen molar-refractivity contribution in [1.82, 2.24) is 10.2 Å². The van der Waals surface area contributed by atoms with Crippen LogP contribution in [0.3, 0.4) is 0 Å².